The van der Waals surface area contributed by atoms with Gasteiger partial charge in [0.1, 0.15) is 5.75 Å². The number of hydrogen-bond acceptors (Lipinski definition) is 1. The maximum absolute atomic E-state index is 9.27. The molecule has 0 fully saturated rings. The molecule has 0 bridgehead atoms. The normalized spacial score (nSPS) is 14.9. The van der Waals surface area contributed by atoms with E-state index in [2.05, 4.69) is 123 Å². The predicted molar refractivity (Wildman–Crippen MR) is 148 cm³/mol. The molecule has 1 aliphatic rings. The van der Waals surface area contributed by atoms with Crippen LogP contribution in [0.3, 0.4) is 0 Å². The third kappa shape index (κ3) is 9.08. The SMILES string of the molecule is CC(C)(C)c1cc(O)cc(Cl)c1.CC1=[C-]C(C)C(C)=C1C.[Ti+]=[C](c1ccccc1)c1ccccc1. The van der Waals surface area contributed by atoms with Gasteiger partial charge < -0.3 is 5.11 Å². The molecular formula is C32H36ClOTi. The molecule has 0 aliphatic heterocycles. The summed E-state index contributed by atoms with van der Waals surface area (Å²) in [6.07, 6.45) is 3.36. The van der Waals surface area contributed by atoms with Crippen LogP contribution in [0.25, 0.3) is 0 Å². The molecule has 1 unspecified atom stereocenters. The second kappa shape index (κ2) is 13.2. The maximum atomic E-state index is 9.27. The van der Waals surface area contributed by atoms with E-state index in [0.717, 1.165) is 5.56 Å². The van der Waals surface area contributed by atoms with E-state index in [1.807, 2.05) is 18.2 Å². The van der Waals surface area contributed by atoms with Crippen LogP contribution in [-0.2, 0) is 25.4 Å². The van der Waals surface area contributed by atoms with Crippen molar-refractivity contribution in [2.45, 2.75) is 53.9 Å². The van der Waals surface area contributed by atoms with Crippen molar-refractivity contribution < 1.29 is 25.1 Å². The van der Waals surface area contributed by atoms with Gasteiger partial charge in [0.25, 0.3) is 0 Å². The Balaban J connectivity index is 0.000000190. The first-order valence-electron chi connectivity index (χ1n) is 11.9. The predicted octanol–water partition coefficient (Wildman–Crippen LogP) is 8.87. The molecule has 1 atom stereocenters. The molecule has 0 saturated heterocycles. The minimum atomic E-state index is 0.0301. The van der Waals surface area contributed by atoms with Crippen LogP contribution in [0.2, 0.25) is 5.02 Å². The molecule has 3 aromatic rings. The van der Waals surface area contributed by atoms with E-state index in [1.165, 1.54) is 37.7 Å². The Labute approximate surface area is 228 Å². The topological polar surface area (TPSA) is 20.2 Å². The standard InChI is InChI=1S/C13H10.C10H13ClO.C9H13.Ti/c1-3-7-12(8-4-1)11-13-9-5-2-6-10-13;1-10(2,3)7-4-8(11)6-9(12)5-7;1-6-5-7(2)9(4)8(6)3;/h1-10H;4-6,12H,1-3H3;6H,1-4H3;/q;;-1;+1. The minimum absolute atomic E-state index is 0.0301. The number of phenolic OH excluding ortho intramolecular Hbond substituents is 1. The molecule has 0 spiro atoms. The molecular weight excluding hydrogens is 484 g/mol. The summed E-state index contributed by atoms with van der Waals surface area (Å²) in [6, 6.07) is 26.1. The molecule has 4 rings (SSSR count). The van der Waals surface area contributed by atoms with Crippen LogP contribution in [0.5, 0.6) is 5.75 Å². The Bertz CT molecular complexity index is 1120. The van der Waals surface area contributed by atoms with Gasteiger partial charge in [0.05, 0.1) is 0 Å². The summed E-state index contributed by atoms with van der Waals surface area (Å²) in [5.74, 6) is 0.789. The number of allylic oxidation sites excluding steroid dienone is 4. The third-order valence-electron chi connectivity index (χ3n) is 6.11. The average Bonchev–Trinajstić information content (AvgIpc) is 3.04. The van der Waals surface area contributed by atoms with Crippen molar-refractivity contribution in [3.8, 4) is 5.75 Å². The van der Waals surface area contributed by atoms with Crippen molar-refractivity contribution in [3.05, 3.63) is 123 Å². The summed E-state index contributed by atoms with van der Waals surface area (Å²) in [5, 5.41) is 9.86. The Morgan fingerprint density at radius 1 is 0.857 bits per heavy atom. The van der Waals surface area contributed by atoms with Crippen LogP contribution in [0.4, 0.5) is 0 Å². The number of phenols is 1. The number of aromatic hydroxyl groups is 1. The fourth-order valence-electron chi connectivity index (χ4n) is 3.55. The number of benzene rings is 3. The van der Waals surface area contributed by atoms with Gasteiger partial charge in [0, 0.05) is 5.02 Å². The van der Waals surface area contributed by atoms with Crippen molar-refractivity contribution in [2.24, 2.45) is 5.92 Å². The third-order valence-corrected chi connectivity index (χ3v) is 7.23. The zero-order valence-electron chi connectivity index (χ0n) is 21.9. The quantitative estimate of drug-likeness (QED) is 0.265. The molecule has 0 saturated carbocycles. The van der Waals surface area contributed by atoms with Crippen LogP contribution in [-0.4, -0.2) is 8.92 Å². The molecule has 0 radical (unpaired) electrons. The van der Waals surface area contributed by atoms with Gasteiger partial charge >= 0.3 is 95.6 Å². The van der Waals surface area contributed by atoms with Crippen LogP contribution in [0, 0.1) is 12.0 Å². The van der Waals surface area contributed by atoms with E-state index < -0.39 is 0 Å². The molecule has 1 aliphatic carbocycles. The van der Waals surface area contributed by atoms with E-state index >= 15 is 0 Å². The summed E-state index contributed by atoms with van der Waals surface area (Å²) in [4.78, 5) is 0. The molecule has 35 heavy (non-hydrogen) atoms. The van der Waals surface area contributed by atoms with E-state index in [4.69, 9.17) is 11.6 Å². The zero-order chi connectivity index (χ0) is 26.2. The van der Waals surface area contributed by atoms with E-state index in [0.29, 0.717) is 10.9 Å². The molecule has 3 heteroatoms. The summed E-state index contributed by atoms with van der Waals surface area (Å²) in [5.41, 5.74) is 7.91. The van der Waals surface area contributed by atoms with Gasteiger partial charge in [-0.2, -0.15) is 11.1 Å². The van der Waals surface area contributed by atoms with Gasteiger partial charge in [-0.05, 0) is 29.2 Å². The molecule has 181 valence electrons. The fourth-order valence-corrected chi connectivity index (χ4v) is 4.30. The van der Waals surface area contributed by atoms with Crippen molar-refractivity contribution >= 4 is 15.4 Å². The average molecular weight is 520 g/mol. The second-order valence-corrected chi connectivity index (χ2v) is 11.1. The van der Waals surface area contributed by atoms with Crippen LogP contribution in [0.1, 0.15) is 65.2 Å². The first-order valence-corrected chi connectivity index (χ1v) is 13.0. The Morgan fingerprint density at radius 3 is 1.66 bits per heavy atom. The molecule has 0 heterocycles. The van der Waals surface area contributed by atoms with Crippen molar-refractivity contribution in [1.29, 1.82) is 0 Å². The summed E-state index contributed by atoms with van der Waals surface area (Å²) < 4.78 is 1.33. The van der Waals surface area contributed by atoms with Gasteiger partial charge in [-0.25, -0.2) is 5.57 Å². The number of hydrogen-bond donors (Lipinski definition) is 1. The fraction of sp³-hybridized carbons (Fsp3) is 0.281. The van der Waals surface area contributed by atoms with E-state index in [-0.39, 0.29) is 11.2 Å². The van der Waals surface area contributed by atoms with E-state index in [9.17, 15) is 5.11 Å². The first kappa shape index (κ1) is 29.0. The molecule has 0 aromatic heterocycles. The number of halogens is 1. The van der Waals surface area contributed by atoms with Gasteiger partial charge in [-0.3, -0.25) is 6.08 Å². The number of rotatable bonds is 2. The van der Waals surface area contributed by atoms with Crippen molar-refractivity contribution in [3.63, 3.8) is 0 Å². The van der Waals surface area contributed by atoms with Crippen LogP contribution in [0.15, 0.2) is 95.6 Å². The summed E-state index contributed by atoms with van der Waals surface area (Å²) >= 11 is 7.95. The zero-order valence-corrected chi connectivity index (χ0v) is 24.2. The Kier molecular flexibility index (Phi) is 11.0. The summed E-state index contributed by atoms with van der Waals surface area (Å²) in [7, 11) is 0. The van der Waals surface area contributed by atoms with Gasteiger partial charge in [-0.1, -0.05) is 59.1 Å². The molecule has 1 nitrogen and oxygen atoms in total. The molecule has 0 amide bonds. The second-order valence-electron chi connectivity index (χ2n) is 9.85. The monoisotopic (exact) mass is 519 g/mol. The Morgan fingerprint density at radius 2 is 1.34 bits per heavy atom. The van der Waals surface area contributed by atoms with E-state index in [1.54, 1.807) is 6.07 Å². The van der Waals surface area contributed by atoms with Gasteiger partial charge in [-0.15, -0.1) is 6.92 Å². The van der Waals surface area contributed by atoms with Crippen LogP contribution >= 0.6 is 11.6 Å². The summed E-state index contributed by atoms with van der Waals surface area (Å²) in [6.45, 7) is 14.9. The first-order chi connectivity index (χ1) is 16.4. The van der Waals surface area contributed by atoms with Crippen molar-refractivity contribution in [1.82, 2.24) is 0 Å². The van der Waals surface area contributed by atoms with Crippen molar-refractivity contribution in [2.75, 3.05) is 0 Å². The van der Waals surface area contributed by atoms with Crippen LogP contribution < -0.4 is 0 Å². The Hall–Kier alpha value is -2.19. The molecule has 3 aromatic carbocycles. The molecule has 1 N–H and O–H groups in total. The van der Waals surface area contributed by atoms with Gasteiger partial charge in [0.2, 0.25) is 0 Å². The van der Waals surface area contributed by atoms with Gasteiger partial charge in [0.15, 0.2) is 0 Å².